The number of carboxylic acid groups (broad SMARTS) is 1. The van der Waals surface area contributed by atoms with Crippen LogP contribution in [0.3, 0.4) is 0 Å². The highest BCUT2D eigenvalue weighted by Gasteiger charge is 2.07. The molecule has 0 aromatic carbocycles. The van der Waals surface area contributed by atoms with Gasteiger partial charge in [-0.05, 0) is 25.7 Å². The maximum atomic E-state index is 10.6. The van der Waals surface area contributed by atoms with Crippen molar-refractivity contribution in [2.45, 2.75) is 38.5 Å². The van der Waals surface area contributed by atoms with Crippen LogP contribution in [0.5, 0.6) is 0 Å². The van der Waals surface area contributed by atoms with Crippen molar-refractivity contribution in [3.05, 3.63) is 11.6 Å². The Morgan fingerprint density at radius 2 is 2.00 bits per heavy atom. The van der Waals surface area contributed by atoms with Crippen molar-refractivity contribution in [2.24, 2.45) is 0 Å². The highest BCUT2D eigenvalue weighted by Crippen LogP contribution is 2.16. The summed E-state index contributed by atoms with van der Waals surface area (Å²) in [6.07, 6.45) is 8.21. The lowest BCUT2D eigenvalue weighted by molar-refractivity contribution is -0.132. The van der Waals surface area contributed by atoms with E-state index in [1.807, 2.05) is 6.08 Å². The first-order valence-electron chi connectivity index (χ1n) is 4.23. The smallest absolute Gasteiger partial charge is 0.331 e. The summed E-state index contributed by atoms with van der Waals surface area (Å²) in [4.78, 5) is 10.6. The van der Waals surface area contributed by atoms with Gasteiger partial charge in [-0.2, -0.15) is 0 Å². The van der Waals surface area contributed by atoms with Gasteiger partial charge in [0.25, 0.3) is 0 Å². The predicted octanol–water partition coefficient (Wildman–Crippen LogP) is 2.35. The normalized spacial score (nSPS) is 24.5. The number of carboxylic acids is 1. The minimum atomic E-state index is -0.730. The molecular formula is C9H14O2. The largest absolute Gasteiger partial charge is 0.478 e. The molecule has 0 aliphatic heterocycles. The molecule has 0 atom stereocenters. The quantitative estimate of drug-likeness (QED) is 0.629. The second kappa shape index (κ2) is 4.16. The Balaban J connectivity index is 2.52. The Morgan fingerprint density at radius 1 is 1.27 bits per heavy atom. The van der Waals surface area contributed by atoms with Crippen LogP contribution in [0.2, 0.25) is 0 Å². The van der Waals surface area contributed by atoms with Gasteiger partial charge in [-0.15, -0.1) is 0 Å². The van der Waals surface area contributed by atoms with Crippen molar-refractivity contribution >= 4 is 5.97 Å². The molecule has 11 heavy (non-hydrogen) atoms. The lowest BCUT2D eigenvalue weighted by atomic mass is 10.0. The zero-order valence-corrected chi connectivity index (χ0v) is 6.68. The molecule has 0 bridgehead atoms. The Bertz CT molecular complexity index is 170. The van der Waals surface area contributed by atoms with E-state index in [0.29, 0.717) is 5.57 Å². The lowest BCUT2D eigenvalue weighted by Gasteiger charge is -2.06. The molecule has 2 nitrogen and oxygen atoms in total. The van der Waals surface area contributed by atoms with Crippen molar-refractivity contribution in [3.63, 3.8) is 0 Å². The summed E-state index contributed by atoms with van der Waals surface area (Å²) in [6.45, 7) is 0. The first kappa shape index (κ1) is 8.31. The zero-order valence-electron chi connectivity index (χ0n) is 6.68. The summed E-state index contributed by atoms with van der Waals surface area (Å²) in [5, 5.41) is 8.69. The van der Waals surface area contributed by atoms with E-state index in [2.05, 4.69) is 0 Å². The number of carbonyl (C=O) groups is 1. The Kier molecular flexibility index (Phi) is 3.14. The summed E-state index contributed by atoms with van der Waals surface area (Å²) in [5.41, 5.74) is 0.615. The van der Waals surface area contributed by atoms with Crippen LogP contribution in [0.1, 0.15) is 38.5 Å². The molecule has 1 aliphatic rings. The minimum Gasteiger partial charge on any atom is -0.478 e. The van der Waals surface area contributed by atoms with Crippen molar-refractivity contribution < 1.29 is 9.90 Å². The van der Waals surface area contributed by atoms with Gasteiger partial charge in [0, 0.05) is 5.57 Å². The number of hydrogen-bond donors (Lipinski definition) is 1. The molecule has 0 heterocycles. The van der Waals surface area contributed by atoms with E-state index in [0.717, 1.165) is 25.7 Å². The van der Waals surface area contributed by atoms with E-state index >= 15 is 0 Å². The second-order valence-corrected chi connectivity index (χ2v) is 2.99. The molecule has 1 aliphatic carbocycles. The fourth-order valence-electron chi connectivity index (χ4n) is 1.39. The van der Waals surface area contributed by atoms with Gasteiger partial charge in [0.05, 0.1) is 0 Å². The van der Waals surface area contributed by atoms with Crippen LogP contribution < -0.4 is 0 Å². The van der Waals surface area contributed by atoms with Crippen LogP contribution in [-0.4, -0.2) is 11.1 Å². The molecule has 0 spiro atoms. The first-order chi connectivity index (χ1) is 5.30. The van der Waals surface area contributed by atoms with Gasteiger partial charge in [-0.1, -0.05) is 18.9 Å². The van der Waals surface area contributed by atoms with E-state index in [4.69, 9.17) is 5.11 Å². The summed E-state index contributed by atoms with van der Waals surface area (Å²) in [7, 11) is 0. The van der Waals surface area contributed by atoms with Gasteiger partial charge in [0.2, 0.25) is 0 Å². The van der Waals surface area contributed by atoms with Crippen molar-refractivity contribution in [1.82, 2.24) is 0 Å². The highest BCUT2D eigenvalue weighted by molar-refractivity contribution is 5.86. The molecule has 1 rings (SSSR count). The average molecular weight is 154 g/mol. The highest BCUT2D eigenvalue weighted by atomic mass is 16.4. The number of allylic oxidation sites excluding steroid dienone is 1. The molecule has 0 radical (unpaired) electrons. The topological polar surface area (TPSA) is 37.3 Å². The number of rotatable bonds is 1. The second-order valence-electron chi connectivity index (χ2n) is 2.99. The third-order valence-electron chi connectivity index (χ3n) is 2.07. The molecule has 62 valence electrons. The molecule has 0 saturated heterocycles. The maximum Gasteiger partial charge on any atom is 0.331 e. The summed E-state index contributed by atoms with van der Waals surface area (Å²) in [5.74, 6) is -0.730. The predicted molar refractivity (Wildman–Crippen MR) is 43.4 cm³/mol. The third kappa shape index (κ3) is 2.74. The van der Waals surface area contributed by atoms with Gasteiger partial charge < -0.3 is 5.11 Å². The molecule has 2 heteroatoms. The average Bonchev–Trinajstić information content (AvgIpc) is 1.84. The summed E-state index contributed by atoms with van der Waals surface area (Å²) >= 11 is 0. The van der Waals surface area contributed by atoms with Gasteiger partial charge >= 0.3 is 5.97 Å². The number of aliphatic carboxylic acids is 1. The van der Waals surface area contributed by atoms with Crippen LogP contribution in [-0.2, 0) is 4.79 Å². The Morgan fingerprint density at radius 3 is 2.73 bits per heavy atom. The van der Waals surface area contributed by atoms with Gasteiger partial charge in [-0.3, -0.25) is 0 Å². The van der Waals surface area contributed by atoms with Crippen LogP contribution in [0.15, 0.2) is 11.6 Å². The number of hydrogen-bond acceptors (Lipinski definition) is 1. The molecule has 0 fully saturated rings. The van der Waals surface area contributed by atoms with E-state index in [9.17, 15) is 4.79 Å². The van der Waals surface area contributed by atoms with E-state index in [-0.39, 0.29) is 0 Å². The van der Waals surface area contributed by atoms with E-state index in [1.165, 1.54) is 12.8 Å². The SMILES string of the molecule is O=C(O)/C1=C/CCCCCC1. The lowest BCUT2D eigenvalue weighted by Crippen LogP contribution is -2.02. The standard InChI is InChI=1S/C9H14O2/c10-9(11)8-6-4-2-1-3-5-7-8/h6H,1-5,7H2,(H,10,11)/b8-6+. The first-order valence-corrected chi connectivity index (χ1v) is 4.23. The van der Waals surface area contributed by atoms with E-state index < -0.39 is 5.97 Å². The molecule has 1 N–H and O–H groups in total. The van der Waals surface area contributed by atoms with Gasteiger partial charge in [0.15, 0.2) is 0 Å². The van der Waals surface area contributed by atoms with Crippen LogP contribution in [0.25, 0.3) is 0 Å². The van der Waals surface area contributed by atoms with Gasteiger partial charge in [0.1, 0.15) is 0 Å². The minimum absolute atomic E-state index is 0.615. The van der Waals surface area contributed by atoms with Gasteiger partial charge in [-0.25, -0.2) is 4.79 Å². The molecule has 0 aromatic rings. The van der Waals surface area contributed by atoms with Crippen molar-refractivity contribution in [3.8, 4) is 0 Å². The fraction of sp³-hybridized carbons (Fsp3) is 0.667. The maximum absolute atomic E-state index is 10.6. The molecular weight excluding hydrogens is 140 g/mol. The van der Waals surface area contributed by atoms with Crippen molar-refractivity contribution in [2.75, 3.05) is 0 Å². The Hall–Kier alpha value is -0.790. The van der Waals surface area contributed by atoms with Crippen LogP contribution >= 0.6 is 0 Å². The summed E-state index contributed by atoms with van der Waals surface area (Å²) < 4.78 is 0. The van der Waals surface area contributed by atoms with Crippen LogP contribution in [0, 0.1) is 0 Å². The monoisotopic (exact) mass is 154 g/mol. The Labute approximate surface area is 66.9 Å². The molecule has 0 amide bonds. The van der Waals surface area contributed by atoms with Crippen LogP contribution in [0.4, 0.5) is 0 Å². The molecule has 0 unspecified atom stereocenters. The van der Waals surface area contributed by atoms with Crippen molar-refractivity contribution in [1.29, 1.82) is 0 Å². The third-order valence-corrected chi connectivity index (χ3v) is 2.07. The molecule has 0 saturated carbocycles. The molecule has 0 aromatic heterocycles. The van der Waals surface area contributed by atoms with E-state index in [1.54, 1.807) is 0 Å². The fourth-order valence-corrected chi connectivity index (χ4v) is 1.39. The zero-order chi connectivity index (χ0) is 8.10. The summed E-state index contributed by atoms with van der Waals surface area (Å²) in [6, 6.07) is 0.